The average Bonchev–Trinajstić information content (AvgIpc) is 2.62. The van der Waals surface area contributed by atoms with Crippen molar-refractivity contribution in [2.75, 3.05) is 5.32 Å². The molecule has 0 spiro atoms. The standard InChI is InChI=1S/C22H22N2O2/c1-15-8-6-10-20(17(15)3)23-22(26)19-11-12-21(25)24(14-19)13-18-9-5-4-7-16(18)2/h4-12,14H,13H2,1-3H3,(H,23,26). The predicted molar refractivity (Wildman–Crippen MR) is 105 cm³/mol. The number of carbonyl (C=O) groups is 1. The van der Waals surface area contributed by atoms with Crippen molar-refractivity contribution in [3.63, 3.8) is 0 Å². The van der Waals surface area contributed by atoms with Crippen molar-refractivity contribution in [3.05, 3.63) is 99.0 Å². The first-order chi connectivity index (χ1) is 12.5. The summed E-state index contributed by atoms with van der Waals surface area (Å²) in [6, 6.07) is 16.7. The summed E-state index contributed by atoms with van der Waals surface area (Å²) in [5.74, 6) is -0.225. The van der Waals surface area contributed by atoms with Gasteiger partial charge in [-0.2, -0.15) is 0 Å². The molecule has 0 fully saturated rings. The molecule has 0 aliphatic heterocycles. The van der Waals surface area contributed by atoms with Gasteiger partial charge in [0.1, 0.15) is 0 Å². The first kappa shape index (κ1) is 17.7. The number of hydrogen-bond acceptors (Lipinski definition) is 2. The maximum absolute atomic E-state index is 12.6. The number of aryl methyl sites for hydroxylation is 2. The highest BCUT2D eigenvalue weighted by Gasteiger charge is 2.11. The summed E-state index contributed by atoms with van der Waals surface area (Å²) in [6.07, 6.45) is 1.62. The fourth-order valence-corrected chi connectivity index (χ4v) is 2.84. The van der Waals surface area contributed by atoms with E-state index in [1.807, 2.05) is 63.2 Å². The van der Waals surface area contributed by atoms with Crippen LogP contribution in [-0.4, -0.2) is 10.5 Å². The molecule has 1 heterocycles. The van der Waals surface area contributed by atoms with E-state index in [-0.39, 0.29) is 11.5 Å². The molecule has 0 saturated carbocycles. The molecular weight excluding hydrogens is 324 g/mol. The third-order valence-corrected chi connectivity index (χ3v) is 4.70. The first-order valence-electron chi connectivity index (χ1n) is 8.58. The zero-order valence-corrected chi connectivity index (χ0v) is 15.2. The minimum atomic E-state index is -0.225. The number of benzene rings is 2. The molecular formula is C22H22N2O2. The van der Waals surface area contributed by atoms with Crippen LogP contribution >= 0.6 is 0 Å². The highest BCUT2D eigenvalue weighted by Crippen LogP contribution is 2.18. The number of anilines is 1. The fourth-order valence-electron chi connectivity index (χ4n) is 2.84. The number of amides is 1. The second-order valence-corrected chi connectivity index (χ2v) is 6.51. The van der Waals surface area contributed by atoms with Gasteiger partial charge in [0.15, 0.2) is 0 Å². The summed E-state index contributed by atoms with van der Waals surface area (Å²) < 4.78 is 1.57. The summed E-state index contributed by atoms with van der Waals surface area (Å²) >= 11 is 0. The lowest BCUT2D eigenvalue weighted by molar-refractivity contribution is 0.102. The lowest BCUT2D eigenvalue weighted by Crippen LogP contribution is -2.23. The minimum Gasteiger partial charge on any atom is -0.322 e. The first-order valence-corrected chi connectivity index (χ1v) is 8.58. The summed E-state index contributed by atoms with van der Waals surface area (Å²) in [6.45, 7) is 6.44. The number of carbonyl (C=O) groups excluding carboxylic acids is 1. The number of pyridine rings is 1. The SMILES string of the molecule is Cc1ccccc1Cn1cc(C(=O)Nc2cccc(C)c2C)ccc1=O. The maximum atomic E-state index is 12.6. The molecule has 0 bridgehead atoms. The van der Waals surface area contributed by atoms with Gasteiger partial charge >= 0.3 is 0 Å². The number of hydrogen-bond donors (Lipinski definition) is 1. The van der Waals surface area contributed by atoms with Crippen LogP contribution in [0.2, 0.25) is 0 Å². The van der Waals surface area contributed by atoms with Gasteiger partial charge in [-0.1, -0.05) is 36.4 Å². The van der Waals surface area contributed by atoms with Crippen LogP contribution in [-0.2, 0) is 6.54 Å². The van der Waals surface area contributed by atoms with Crippen molar-refractivity contribution in [2.24, 2.45) is 0 Å². The lowest BCUT2D eigenvalue weighted by Gasteiger charge is -2.12. The highest BCUT2D eigenvalue weighted by atomic mass is 16.2. The van der Waals surface area contributed by atoms with E-state index in [2.05, 4.69) is 5.32 Å². The van der Waals surface area contributed by atoms with Gasteiger partial charge in [0.25, 0.3) is 11.5 Å². The van der Waals surface area contributed by atoms with E-state index in [1.165, 1.54) is 6.07 Å². The summed E-state index contributed by atoms with van der Waals surface area (Å²) in [4.78, 5) is 24.8. The second-order valence-electron chi connectivity index (χ2n) is 6.51. The van der Waals surface area contributed by atoms with E-state index < -0.39 is 0 Å². The lowest BCUT2D eigenvalue weighted by atomic mass is 10.1. The minimum absolute atomic E-state index is 0.128. The Bertz CT molecular complexity index is 1020. The van der Waals surface area contributed by atoms with Gasteiger partial charge in [-0.15, -0.1) is 0 Å². The molecule has 1 amide bonds. The van der Waals surface area contributed by atoms with Crippen LogP contribution in [0.3, 0.4) is 0 Å². The Morgan fingerprint density at radius 1 is 0.923 bits per heavy atom. The van der Waals surface area contributed by atoms with E-state index in [1.54, 1.807) is 16.8 Å². The Morgan fingerprint density at radius 2 is 1.65 bits per heavy atom. The molecule has 0 aliphatic rings. The Morgan fingerprint density at radius 3 is 2.42 bits per heavy atom. The van der Waals surface area contributed by atoms with Gasteiger partial charge in [0, 0.05) is 18.0 Å². The molecule has 0 saturated heterocycles. The highest BCUT2D eigenvalue weighted by molar-refractivity contribution is 6.04. The number of nitrogens with one attached hydrogen (secondary N) is 1. The summed E-state index contributed by atoms with van der Waals surface area (Å²) in [7, 11) is 0. The molecule has 0 unspecified atom stereocenters. The zero-order chi connectivity index (χ0) is 18.7. The van der Waals surface area contributed by atoms with E-state index in [9.17, 15) is 9.59 Å². The van der Waals surface area contributed by atoms with Crippen LogP contribution < -0.4 is 10.9 Å². The third-order valence-electron chi connectivity index (χ3n) is 4.70. The maximum Gasteiger partial charge on any atom is 0.257 e. The van der Waals surface area contributed by atoms with Crippen LogP contribution in [0.4, 0.5) is 5.69 Å². The van der Waals surface area contributed by atoms with Gasteiger partial charge in [-0.3, -0.25) is 9.59 Å². The molecule has 2 aromatic carbocycles. The molecule has 1 N–H and O–H groups in total. The zero-order valence-electron chi connectivity index (χ0n) is 15.2. The van der Waals surface area contributed by atoms with Crippen LogP contribution in [0.1, 0.15) is 32.6 Å². The normalized spacial score (nSPS) is 10.6. The van der Waals surface area contributed by atoms with Crippen LogP contribution in [0, 0.1) is 20.8 Å². The second kappa shape index (κ2) is 7.40. The summed E-state index contributed by atoms with van der Waals surface area (Å²) in [5, 5.41) is 2.93. The third kappa shape index (κ3) is 3.75. The van der Waals surface area contributed by atoms with E-state index in [4.69, 9.17) is 0 Å². The molecule has 3 rings (SSSR count). The fraction of sp³-hybridized carbons (Fsp3) is 0.182. The van der Waals surface area contributed by atoms with Gasteiger partial charge < -0.3 is 9.88 Å². The molecule has 0 atom stereocenters. The number of aromatic nitrogens is 1. The smallest absolute Gasteiger partial charge is 0.257 e. The van der Waals surface area contributed by atoms with Gasteiger partial charge in [-0.05, 0) is 55.2 Å². The molecule has 0 radical (unpaired) electrons. The number of rotatable bonds is 4. The topological polar surface area (TPSA) is 51.1 Å². The van der Waals surface area contributed by atoms with E-state index in [0.717, 1.165) is 27.9 Å². The van der Waals surface area contributed by atoms with Crippen LogP contribution in [0.15, 0.2) is 65.6 Å². The van der Waals surface area contributed by atoms with Gasteiger partial charge in [-0.25, -0.2) is 0 Å². The van der Waals surface area contributed by atoms with Crippen LogP contribution in [0.5, 0.6) is 0 Å². The van der Waals surface area contributed by atoms with Crippen molar-refractivity contribution in [3.8, 4) is 0 Å². The summed E-state index contributed by atoms with van der Waals surface area (Å²) in [5.41, 5.74) is 5.44. The van der Waals surface area contributed by atoms with Crippen molar-refractivity contribution < 1.29 is 4.79 Å². The van der Waals surface area contributed by atoms with Gasteiger partial charge in [0.2, 0.25) is 0 Å². The molecule has 4 nitrogen and oxygen atoms in total. The van der Waals surface area contributed by atoms with Crippen molar-refractivity contribution in [2.45, 2.75) is 27.3 Å². The molecule has 3 aromatic rings. The molecule has 26 heavy (non-hydrogen) atoms. The van der Waals surface area contributed by atoms with Crippen molar-refractivity contribution in [1.82, 2.24) is 4.57 Å². The Kier molecular flexibility index (Phi) is 5.03. The number of nitrogens with zero attached hydrogens (tertiary/aromatic N) is 1. The Labute approximate surface area is 153 Å². The van der Waals surface area contributed by atoms with Gasteiger partial charge in [0.05, 0.1) is 12.1 Å². The monoisotopic (exact) mass is 346 g/mol. The van der Waals surface area contributed by atoms with Crippen molar-refractivity contribution >= 4 is 11.6 Å². The van der Waals surface area contributed by atoms with E-state index >= 15 is 0 Å². The molecule has 132 valence electrons. The average molecular weight is 346 g/mol. The molecule has 1 aromatic heterocycles. The Balaban J connectivity index is 1.87. The molecule has 0 aliphatic carbocycles. The van der Waals surface area contributed by atoms with Crippen molar-refractivity contribution in [1.29, 1.82) is 0 Å². The quantitative estimate of drug-likeness (QED) is 0.774. The molecule has 4 heteroatoms. The Hall–Kier alpha value is -3.14. The van der Waals surface area contributed by atoms with E-state index in [0.29, 0.717) is 12.1 Å². The largest absolute Gasteiger partial charge is 0.322 e. The predicted octanol–water partition coefficient (Wildman–Crippen LogP) is 4.07. The van der Waals surface area contributed by atoms with Crippen LogP contribution in [0.25, 0.3) is 0 Å².